The highest BCUT2D eigenvalue weighted by Gasteiger charge is 2.22. The highest BCUT2D eigenvalue weighted by atomic mass is 35.5. The van der Waals surface area contributed by atoms with Gasteiger partial charge in [0.25, 0.3) is 0 Å². The number of hydrogen-bond donors (Lipinski definition) is 2. The van der Waals surface area contributed by atoms with Crippen LogP contribution in [0.5, 0.6) is 5.75 Å². The van der Waals surface area contributed by atoms with Crippen LogP contribution >= 0.6 is 11.6 Å². The molecule has 0 bridgehead atoms. The third-order valence-electron chi connectivity index (χ3n) is 3.61. The maximum absolute atomic E-state index is 6.07. The summed E-state index contributed by atoms with van der Waals surface area (Å²) in [5.74, 6) is 1.62. The Bertz CT molecular complexity index is 638. The second-order valence-corrected chi connectivity index (χ2v) is 5.44. The monoisotopic (exact) mass is 308 g/mol. The number of hydrogen-bond acceptors (Lipinski definition) is 6. The molecule has 112 valence electrons. The summed E-state index contributed by atoms with van der Waals surface area (Å²) < 4.78 is 10.7. The Labute approximate surface area is 127 Å². The van der Waals surface area contributed by atoms with E-state index in [0.717, 1.165) is 19.4 Å². The van der Waals surface area contributed by atoms with Crippen LogP contribution in [0.25, 0.3) is 11.4 Å². The van der Waals surface area contributed by atoms with E-state index in [-0.39, 0.29) is 6.04 Å². The molecule has 3 N–H and O–H groups in total. The third-order valence-corrected chi connectivity index (χ3v) is 3.94. The Balaban J connectivity index is 1.94. The molecule has 1 aliphatic rings. The Morgan fingerprint density at radius 2 is 2.29 bits per heavy atom. The number of aromatic nitrogens is 2. The maximum atomic E-state index is 6.07. The molecular weight excluding hydrogens is 292 g/mol. The lowest BCUT2D eigenvalue weighted by molar-refractivity contribution is 0.297. The number of nitrogen functional groups attached to an aromatic ring is 1. The zero-order valence-corrected chi connectivity index (χ0v) is 12.5. The van der Waals surface area contributed by atoms with E-state index in [1.54, 1.807) is 19.2 Å². The molecule has 2 aromatic rings. The number of halogens is 1. The number of benzene rings is 1. The largest absolute Gasteiger partial charge is 0.496 e. The third kappa shape index (κ3) is 2.82. The van der Waals surface area contributed by atoms with Crippen molar-refractivity contribution in [3.8, 4) is 17.1 Å². The van der Waals surface area contributed by atoms with Crippen LogP contribution < -0.4 is 15.8 Å². The molecule has 0 amide bonds. The number of ether oxygens (including phenoxy) is 1. The van der Waals surface area contributed by atoms with Gasteiger partial charge in [-0.1, -0.05) is 23.2 Å². The van der Waals surface area contributed by atoms with Gasteiger partial charge in [-0.25, -0.2) is 0 Å². The van der Waals surface area contributed by atoms with Crippen molar-refractivity contribution in [2.75, 3.05) is 19.4 Å². The minimum atomic E-state index is 0.121. The second-order valence-electron chi connectivity index (χ2n) is 5.03. The van der Waals surface area contributed by atoms with Crippen molar-refractivity contribution >= 4 is 17.3 Å². The van der Waals surface area contributed by atoms with Crippen molar-refractivity contribution < 1.29 is 9.26 Å². The number of nitrogens with zero attached hydrogens (tertiary/aromatic N) is 2. The lowest BCUT2D eigenvalue weighted by atomic mass is 10.1. The fraction of sp³-hybridized carbons (Fsp3) is 0.429. The summed E-state index contributed by atoms with van der Waals surface area (Å²) in [4.78, 5) is 4.46. The quantitative estimate of drug-likeness (QED) is 0.848. The molecule has 1 aliphatic heterocycles. The van der Waals surface area contributed by atoms with E-state index in [9.17, 15) is 0 Å². The smallest absolute Gasteiger partial charge is 0.244 e. The summed E-state index contributed by atoms with van der Waals surface area (Å²) in [5, 5.41) is 7.85. The summed E-state index contributed by atoms with van der Waals surface area (Å²) in [6, 6.07) is 3.47. The zero-order valence-electron chi connectivity index (χ0n) is 11.7. The van der Waals surface area contributed by atoms with E-state index in [0.29, 0.717) is 33.7 Å². The van der Waals surface area contributed by atoms with E-state index in [4.69, 9.17) is 26.6 Å². The molecule has 0 aliphatic carbocycles. The van der Waals surface area contributed by atoms with E-state index >= 15 is 0 Å². The van der Waals surface area contributed by atoms with E-state index in [2.05, 4.69) is 15.5 Å². The SMILES string of the molecule is COc1cc(N)c(Cl)cc1-c1noc([C@H]2CCCCN2)n1. The van der Waals surface area contributed by atoms with Crippen LogP contribution in [-0.4, -0.2) is 23.8 Å². The molecule has 1 atom stereocenters. The number of rotatable bonds is 3. The fourth-order valence-corrected chi connectivity index (χ4v) is 2.63. The first-order valence-corrected chi connectivity index (χ1v) is 7.27. The predicted octanol–water partition coefficient (Wildman–Crippen LogP) is 2.80. The Morgan fingerprint density at radius 1 is 1.43 bits per heavy atom. The molecule has 0 radical (unpaired) electrons. The average Bonchev–Trinajstić information content (AvgIpc) is 3.00. The van der Waals surface area contributed by atoms with E-state index in [1.807, 2.05) is 0 Å². The molecule has 0 spiro atoms. The lowest BCUT2D eigenvalue weighted by Gasteiger charge is -2.19. The summed E-state index contributed by atoms with van der Waals surface area (Å²) >= 11 is 6.07. The molecule has 1 fully saturated rings. The normalized spacial score (nSPS) is 18.7. The first-order valence-electron chi connectivity index (χ1n) is 6.89. The van der Waals surface area contributed by atoms with Gasteiger partial charge in [-0.2, -0.15) is 4.98 Å². The van der Waals surface area contributed by atoms with Gasteiger partial charge in [0.1, 0.15) is 5.75 Å². The number of nitrogens with one attached hydrogen (secondary N) is 1. The predicted molar refractivity (Wildman–Crippen MR) is 80.3 cm³/mol. The number of piperidine rings is 1. The first kappa shape index (κ1) is 14.2. The van der Waals surface area contributed by atoms with Gasteiger partial charge in [0.2, 0.25) is 11.7 Å². The van der Waals surface area contributed by atoms with Crippen molar-refractivity contribution in [3.63, 3.8) is 0 Å². The van der Waals surface area contributed by atoms with Crippen molar-refractivity contribution in [2.45, 2.75) is 25.3 Å². The lowest BCUT2D eigenvalue weighted by Crippen LogP contribution is -2.26. The molecule has 0 unspecified atom stereocenters. The zero-order chi connectivity index (χ0) is 14.8. The van der Waals surface area contributed by atoms with Crippen LogP contribution in [0.3, 0.4) is 0 Å². The van der Waals surface area contributed by atoms with E-state index < -0.39 is 0 Å². The molecule has 2 heterocycles. The van der Waals surface area contributed by atoms with Crippen LogP contribution in [-0.2, 0) is 0 Å². The van der Waals surface area contributed by atoms with E-state index in [1.165, 1.54) is 6.42 Å². The summed E-state index contributed by atoms with van der Waals surface area (Å²) in [5.41, 5.74) is 6.90. The van der Waals surface area contributed by atoms with Crippen LogP contribution in [0.4, 0.5) is 5.69 Å². The van der Waals surface area contributed by atoms with Crippen LogP contribution in [0.15, 0.2) is 16.7 Å². The van der Waals surface area contributed by atoms with Gasteiger partial charge in [0, 0.05) is 6.07 Å². The van der Waals surface area contributed by atoms with Gasteiger partial charge in [-0.3, -0.25) is 0 Å². The molecule has 1 saturated heterocycles. The molecule has 7 heteroatoms. The molecule has 21 heavy (non-hydrogen) atoms. The molecule has 1 aromatic heterocycles. The fourth-order valence-electron chi connectivity index (χ4n) is 2.46. The summed E-state index contributed by atoms with van der Waals surface area (Å²) in [7, 11) is 1.57. The van der Waals surface area contributed by atoms with Gasteiger partial charge in [-0.05, 0) is 25.5 Å². The molecule has 1 aromatic carbocycles. The average molecular weight is 309 g/mol. The van der Waals surface area contributed by atoms with Crippen molar-refractivity contribution in [3.05, 3.63) is 23.0 Å². The van der Waals surface area contributed by atoms with Crippen molar-refractivity contribution in [1.29, 1.82) is 0 Å². The Morgan fingerprint density at radius 3 is 3.00 bits per heavy atom. The van der Waals surface area contributed by atoms with Gasteiger partial charge in [0.05, 0.1) is 29.4 Å². The Kier molecular flexibility index (Phi) is 3.98. The van der Waals surface area contributed by atoms with Crippen LogP contribution in [0.2, 0.25) is 5.02 Å². The van der Waals surface area contributed by atoms with Gasteiger partial charge in [-0.15, -0.1) is 0 Å². The van der Waals surface area contributed by atoms with Crippen molar-refractivity contribution in [1.82, 2.24) is 15.5 Å². The minimum Gasteiger partial charge on any atom is -0.496 e. The van der Waals surface area contributed by atoms with Gasteiger partial charge < -0.3 is 20.3 Å². The van der Waals surface area contributed by atoms with Crippen LogP contribution in [0, 0.1) is 0 Å². The second kappa shape index (κ2) is 5.91. The topological polar surface area (TPSA) is 86.2 Å². The highest BCUT2D eigenvalue weighted by molar-refractivity contribution is 6.33. The summed E-state index contributed by atoms with van der Waals surface area (Å²) in [6.45, 7) is 0.972. The van der Waals surface area contributed by atoms with Crippen LogP contribution in [0.1, 0.15) is 31.2 Å². The molecule has 0 saturated carbocycles. The first-order chi connectivity index (χ1) is 10.2. The van der Waals surface area contributed by atoms with Crippen molar-refractivity contribution in [2.24, 2.45) is 0 Å². The number of methoxy groups -OCH3 is 1. The maximum Gasteiger partial charge on any atom is 0.244 e. The molecular formula is C14H17ClN4O2. The molecule has 3 rings (SSSR count). The minimum absolute atomic E-state index is 0.121. The molecule has 6 nitrogen and oxygen atoms in total. The van der Waals surface area contributed by atoms with Gasteiger partial charge >= 0.3 is 0 Å². The number of anilines is 1. The number of nitrogens with two attached hydrogens (primary N) is 1. The standard InChI is InChI=1S/C14H17ClN4O2/c1-20-12-7-10(16)9(15)6-8(12)13-18-14(21-19-13)11-4-2-3-5-17-11/h6-7,11,17H,2-5,16H2,1H3/t11-/m1/s1. The summed E-state index contributed by atoms with van der Waals surface area (Å²) in [6.07, 6.45) is 3.34. The highest BCUT2D eigenvalue weighted by Crippen LogP contribution is 2.35. The Hall–Kier alpha value is -1.79. The van der Waals surface area contributed by atoms with Gasteiger partial charge in [0.15, 0.2) is 0 Å².